The molecule has 1 N–H and O–H groups in total. The summed E-state index contributed by atoms with van der Waals surface area (Å²) in [6.07, 6.45) is 1.31. The molecule has 2 aromatic rings. The lowest BCUT2D eigenvalue weighted by Gasteiger charge is -2.38. The van der Waals surface area contributed by atoms with Crippen LogP contribution in [0.25, 0.3) is 0 Å². The zero-order valence-corrected chi connectivity index (χ0v) is 16.1. The maximum atomic E-state index is 13.4. The van der Waals surface area contributed by atoms with Crippen molar-refractivity contribution < 1.29 is 27.0 Å². The minimum Gasteiger partial charge on any atom is -0.486 e. The van der Waals surface area contributed by atoms with E-state index in [0.29, 0.717) is 50.8 Å². The van der Waals surface area contributed by atoms with Gasteiger partial charge in [0, 0.05) is 31.2 Å². The van der Waals surface area contributed by atoms with Crippen LogP contribution in [0.4, 0.5) is 4.39 Å². The van der Waals surface area contributed by atoms with Gasteiger partial charge >= 0.3 is 0 Å². The number of benzene rings is 2. The molecule has 0 unspecified atom stereocenters. The first-order valence-electron chi connectivity index (χ1n) is 9.22. The number of halogens is 1. The summed E-state index contributed by atoms with van der Waals surface area (Å²) in [5.74, 6) is 0.647. The summed E-state index contributed by atoms with van der Waals surface area (Å²) in [5, 5.41) is 0. The molecule has 0 radical (unpaired) electrons. The monoisotopic (exact) mass is 407 g/mol. The summed E-state index contributed by atoms with van der Waals surface area (Å²) in [6, 6.07) is 10.8. The Morgan fingerprint density at radius 3 is 2.32 bits per heavy atom. The van der Waals surface area contributed by atoms with E-state index in [1.54, 1.807) is 18.2 Å². The van der Waals surface area contributed by atoms with Gasteiger partial charge in [-0.1, -0.05) is 12.1 Å². The van der Waals surface area contributed by atoms with Crippen LogP contribution in [0.3, 0.4) is 0 Å². The molecule has 0 saturated carbocycles. The van der Waals surface area contributed by atoms with Crippen LogP contribution in [-0.2, 0) is 20.2 Å². The number of fused-ring (bicyclic) bond motifs is 1. The molecule has 0 atom stereocenters. The molecule has 6 nitrogen and oxygen atoms in total. The van der Waals surface area contributed by atoms with Gasteiger partial charge in [0.05, 0.1) is 4.90 Å². The second-order valence-electron chi connectivity index (χ2n) is 7.03. The maximum absolute atomic E-state index is 13.4. The Bertz CT molecular complexity index is 940. The number of hydrogen-bond acceptors (Lipinski definition) is 5. The van der Waals surface area contributed by atoms with Crippen LogP contribution in [0.5, 0.6) is 11.5 Å². The van der Waals surface area contributed by atoms with Gasteiger partial charge in [-0.2, -0.15) is 0 Å². The van der Waals surface area contributed by atoms with Gasteiger partial charge in [0.15, 0.2) is 11.5 Å². The van der Waals surface area contributed by atoms with Crippen molar-refractivity contribution in [1.82, 2.24) is 4.72 Å². The number of hydrogen-bond donors (Lipinski definition) is 1. The molecule has 0 spiro atoms. The number of nitrogens with one attached hydrogen (secondary N) is 1. The molecule has 2 aromatic carbocycles. The van der Waals surface area contributed by atoms with Crippen molar-refractivity contribution in [3.05, 3.63) is 53.8 Å². The molecule has 2 aliphatic rings. The molecule has 0 amide bonds. The Labute approximate surface area is 163 Å². The topological polar surface area (TPSA) is 73.9 Å². The SMILES string of the molecule is O=S(=O)(NCC1(c2ccc(F)cc2)CCOCC1)c1ccc2c(c1)OCCO2. The largest absolute Gasteiger partial charge is 0.486 e. The predicted molar refractivity (Wildman–Crippen MR) is 101 cm³/mol. The second-order valence-corrected chi connectivity index (χ2v) is 8.80. The molecule has 8 heteroatoms. The zero-order valence-electron chi connectivity index (χ0n) is 15.3. The molecule has 2 aliphatic heterocycles. The van der Waals surface area contributed by atoms with Gasteiger partial charge in [-0.15, -0.1) is 0 Å². The summed E-state index contributed by atoms with van der Waals surface area (Å²) in [6.45, 7) is 2.10. The molecule has 4 rings (SSSR count). The highest BCUT2D eigenvalue weighted by Crippen LogP contribution is 2.36. The van der Waals surface area contributed by atoms with Gasteiger partial charge in [0.2, 0.25) is 10.0 Å². The first kappa shape index (κ1) is 19.2. The van der Waals surface area contributed by atoms with Crippen LogP contribution < -0.4 is 14.2 Å². The van der Waals surface area contributed by atoms with Crippen molar-refractivity contribution in [3.8, 4) is 11.5 Å². The van der Waals surface area contributed by atoms with Crippen LogP contribution >= 0.6 is 0 Å². The van der Waals surface area contributed by atoms with Crippen molar-refractivity contribution in [2.24, 2.45) is 0 Å². The first-order chi connectivity index (χ1) is 13.5. The third-order valence-corrected chi connectivity index (χ3v) is 6.73. The van der Waals surface area contributed by atoms with E-state index in [2.05, 4.69) is 4.72 Å². The standard InChI is InChI=1S/C20H22FNO5S/c21-16-3-1-15(2-4-16)20(7-9-25-10-8-20)14-22-28(23,24)17-5-6-18-19(13-17)27-12-11-26-18/h1-6,13,22H,7-12,14H2. The van der Waals surface area contributed by atoms with Crippen LogP contribution in [0, 0.1) is 5.82 Å². The fourth-order valence-corrected chi connectivity index (χ4v) is 4.78. The van der Waals surface area contributed by atoms with E-state index in [0.717, 1.165) is 5.56 Å². The van der Waals surface area contributed by atoms with Gasteiger partial charge in [0.25, 0.3) is 0 Å². The number of rotatable bonds is 5. The van der Waals surface area contributed by atoms with Crippen LogP contribution in [-0.4, -0.2) is 41.4 Å². The van der Waals surface area contributed by atoms with E-state index in [1.807, 2.05) is 0 Å². The summed E-state index contributed by atoms with van der Waals surface area (Å²) < 4.78 is 58.3. The van der Waals surface area contributed by atoms with Gasteiger partial charge in [-0.3, -0.25) is 0 Å². The second kappa shape index (κ2) is 7.69. The molecule has 28 heavy (non-hydrogen) atoms. The molecular formula is C20H22FNO5S. The summed E-state index contributed by atoms with van der Waals surface area (Å²) >= 11 is 0. The van der Waals surface area contributed by atoms with Gasteiger partial charge < -0.3 is 14.2 Å². The highest BCUT2D eigenvalue weighted by Gasteiger charge is 2.36. The average molecular weight is 407 g/mol. The Kier molecular flexibility index (Phi) is 5.27. The summed E-state index contributed by atoms with van der Waals surface area (Å²) in [4.78, 5) is 0.123. The molecule has 2 heterocycles. The summed E-state index contributed by atoms with van der Waals surface area (Å²) in [7, 11) is -3.75. The first-order valence-corrected chi connectivity index (χ1v) is 10.7. The van der Waals surface area contributed by atoms with E-state index >= 15 is 0 Å². The Balaban J connectivity index is 1.57. The minimum absolute atomic E-state index is 0.123. The lowest BCUT2D eigenvalue weighted by atomic mass is 9.74. The molecule has 0 bridgehead atoms. The van der Waals surface area contributed by atoms with Gasteiger partial charge in [-0.25, -0.2) is 17.5 Å². The van der Waals surface area contributed by atoms with E-state index in [1.165, 1.54) is 24.3 Å². The quantitative estimate of drug-likeness (QED) is 0.825. The van der Waals surface area contributed by atoms with Crippen molar-refractivity contribution in [3.63, 3.8) is 0 Å². The zero-order chi connectivity index (χ0) is 19.6. The van der Waals surface area contributed by atoms with Crippen molar-refractivity contribution in [1.29, 1.82) is 0 Å². The maximum Gasteiger partial charge on any atom is 0.240 e. The van der Waals surface area contributed by atoms with Crippen molar-refractivity contribution in [2.45, 2.75) is 23.2 Å². The van der Waals surface area contributed by atoms with Crippen molar-refractivity contribution in [2.75, 3.05) is 33.0 Å². The normalized spacial score (nSPS) is 18.6. The van der Waals surface area contributed by atoms with E-state index in [4.69, 9.17) is 14.2 Å². The molecule has 0 aliphatic carbocycles. The highest BCUT2D eigenvalue weighted by molar-refractivity contribution is 7.89. The minimum atomic E-state index is -3.75. The molecule has 150 valence electrons. The summed E-state index contributed by atoms with van der Waals surface area (Å²) in [5.41, 5.74) is 0.467. The van der Waals surface area contributed by atoms with E-state index < -0.39 is 15.4 Å². The third-order valence-electron chi connectivity index (χ3n) is 5.33. The van der Waals surface area contributed by atoms with Crippen LogP contribution in [0.1, 0.15) is 18.4 Å². The molecule has 1 fully saturated rings. The fourth-order valence-electron chi connectivity index (χ4n) is 3.64. The molecule has 0 aromatic heterocycles. The lowest BCUT2D eigenvalue weighted by molar-refractivity contribution is 0.0517. The molecular weight excluding hydrogens is 385 g/mol. The average Bonchev–Trinajstić information content (AvgIpc) is 2.73. The third kappa shape index (κ3) is 3.85. The fraction of sp³-hybridized carbons (Fsp3) is 0.400. The van der Waals surface area contributed by atoms with E-state index in [-0.39, 0.29) is 17.3 Å². The molecule has 1 saturated heterocycles. The predicted octanol–water partition coefficient (Wildman–Crippen LogP) is 2.62. The van der Waals surface area contributed by atoms with Gasteiger partial charge in [0.1, 0.15) is 19.0 Å². The van der Waals surface area contributed by atoms with E-state index in [9.17, 15) is 12.8 Å². The highest BCUT2D eigenvalue weighted by atomic mass is 32.2. The smallest absolute Gasteiger partial charge is 0.240 e. The Hall–Kier alpha value is -2.16. The number of sulfonamides is 1. The number of ether oxygens (including phenoxy) is 3. The Morgan fingerprint density at radius 1 is 0.929 bits per heavy atom. The lowest BCUT2D eigenvalue weighted by Crippen LogP contribution is -2.44. The van der Waals surface area contributed by atoms with Crippen LogP contribution in [0.2, 0.25) is 0 Å². The Morgan fingerprint density at radius 2 is 1.61 bits per heavy atom. The van der Waals surface area contributed by atoms with Gasteiger partial charge in [-0.05, 0) is 42.7 Å². The van der Waals surface area contributed by atoms with Crippen molar-refractivity contribution >= 4 is 10.0 Å². The van der Waals surface area contributed by atoms with Crippen LogP contribution in [0.15, 0.2) is 47.4 Å².